The van der Waals surface area contributed by atoms with Gasteiger partial charge in [-0.3, -0.25) is 9.59 Å². The van der Waals surface area contributed by atoms with Crippen LogP contribution >= 0.6 is 0 Å². The zero-order chi connectivity index (χ0) is 20.8. The van der Waals surface area contributed by atoms with Gasteiger partial charge in [-0.25, -0.2) is 4.98 Å². The van der Waals surface area contributed by atoms with Crippen molar-refractivity contribution in [2.24, 2.45) is 0 Å². The minimum absolute atomic E-state index is 0.00239. The van der Waals surface area contributed by atoms with Gasteiger partial charge in [0.05, 0.1) is 6.04 Å². The minimum Gasteiger partial charge on any atom is -0.484 e. The Labute approximate surface area is 174 Å². The number of carbonyl (C=O) groups is 2. The van der Waals surface area contributed by atoms with E-state index in [1.54, 1.807) is 36.5 Å². The van der Waals surface area contributed by atoms with Crippen LogP contribution in [0.15, 0.2) is 72.9 Å². The van der Waals surface area contributed by atoms with Crippen molar-refractivity contribution in [2.45, 2.75) is 18.9 Å². The molecular formula is C23H21N3O4. The van der Waals surface area contributed by atoms with Crippen molar-refractivity contribution >= 4 is 17.5 Å². The number of carbonyl (C=O) groups excluding carboxylic acids is 2. The van der Waals surface area contributed by atoms with Crippen molar-refractivity contribution in [3.05, 3.63) is 78.5 Å². The van der Waals surface area contributed by atoms with Crippen molar-refractivity contribution < 1.29 is 19.1 Å². The number of hydrogen-bond donors (Lipinski definition) is 2. The summed E-state index contributed by atoms with van der Waals surface area (Å²) in [5, 5.41) is 5.75. The molecule has 1 aromatic heterocycles. The Balaban J connectivity index is 1.28. The summed E-state index contributed by atoms with van der Waals surface area (Å²) in [6.07, 6.45) is 2.95. The van der Waals surface area contributed by atoms with Gasteiger partial charge in [0.2, 0.25) is 11.8 Å². The molecule has 0 radical (unpaired) electrons. The molecule has 7 nitrogen and oxygen atoms in total. The molecule has 2 heterocycles. The fourth-order valence-corrected chi connectivity index (χ4v) is 3.18. The zero-order valence-electron chi connectivity index (χ0n) is 16.2. The second kappa shape index (κ2) is 9.09. The number of benzene rings is 2. The van der Waals surface area contributed by atoms with Crippen LogP contribution in [0.1, 0.15) is 24.4 Å². The quantitative estimate of drug-likeness (QED) is 0.626. The molecule has 1 aliphatic heterocycles. The predicted molar refractivity (Wildman–Crippen MR) is 111 cm³/mol. The van der Waals surface area contributed by atoms with E-state index in [4.69, 9.17) is 9.47 Å². The lowest BCUT2D eigenvalue weighted by atomic mass is 10.0. The van der Waals surface area contributed by atoms with Gasteiger partial charge in [0.15, 0.2) is 6.61 Å². The Bertz CT molecular complexity index is 1020. The first-order valence-corrected chi connectivity index (χ1v) is 9.67. The molecular weight excluding hydrogens is 382 g/mol. The van der Waals surface area contributed by atoms with Gasteiger partial charge in [0.25, 0.3) is 5.91 Å². The summed E-state index contributed by atoms with van der Waals surface area (Å²) in [7, 11) is 0. The summed E-state index contributed by atoms with van der Waals surface area (Å²) >= 11 is 0. The number of pyridine rings is 1. The van der Waals surface area contributed by atoms with Crippen LogP contribution < -0.4 is 20.1 Å². The fraction of sp³-hybridized carbons (Fsp3) is 0.174. The van der Waals surface area contributed by atoms with E-state index in [1.165, 1.54) is 0 Å². The van der Waals surface area contributed by atoms with Gasteiger partial charge in [-0.15, -0.1) is 0 Å². The normalized spacial score (nSPS) is 15.3. The first-order chi connectivity index (χ1) is 14.7. The van der Waals surface area contributed by atoms with E-state index >= 15 is 0 Å². The first kappa shape index (κ1) is 19.4. The van der Waals surface area contributed by atoms with E-state index in [-0.39, 0.29) is 24.5 Å². The van der Waals surface area contributed by atoms with E-state index in [0.717, 1.165) is 12.0 Å². The molecule has 0 saturated carbocycles. The van der Waals surface area contributed by atoms with Crippen LogP contribution in [0.2, 0.25) is 0 Å². The summed E-state index contributed by atoms with van der Waals surface area (Å²) < 4.78 is 11.2. The maximum Gasteiger partial charge on any atom is 0.262 e. The molecule has 1 aliphatic rings. The Kier molecular flexibility index (Phi) is 5.89. The van der Waals surface area contributed by atoms with E-state index in [1.807, 2.05) is 36.4 Å². The molecule has 2 aromatic carbocycles. The highest BCUT2D eigenvalue weighted by atomic mass is 16.5. The van der Waals surface area contributed by atoms with E-state index in [0.29, 0.717) is 29.5 Å². The number of aromatic nitrogens is 1. The third-order valence-electron chi connectivity index (χ3n) is 4.62. The zero-order valence-corrected chi connectivity index (χ0v) is 16.2. The van der Waals surface area contributed by atoms with E-state index in [2.05, 4.69) is 15.6 Å². The third-order valence-corrected chi connectivity index (χ3v) is 4.62. The van der Waals surface area contributed by atoms with Gasteiger partial charge in [-0.05, 0) is 54.4 Å². The van der Waals surface area contributed by atoms with Crippen LogP contribution in [0.4, 0.5) is 5.69 Å². The molecule has 152 valence electrons. The average Bonchev–Trinajstić information content (AvgIpc) is 3.21. The second-order valence-electron chi connectivity index (χ2n) is 6.86. The summed E-state index contributed by atoms with van der Waals surface area (Å²) in [4.78, 5) is 27.8. The van der Waals surface area contributed by atoms with Crippen molar-refractivity contribution in [3.8, 4) is 17.4 Å². The standard InChI is InChI=1S/C23H21N3O4/c27-21-12-11-20(26-21)16-4-3-5-17(14-16)25-22(28)15-29-18-7-9-19(10-8-18)30-23-6-1-2-13-24-23/h1-10,13-14,20H,11-12,15H2,(H,25,28)(H,26,27). The molecule has 7 heteroatoms. The minimum atomic E-state index is -0.267. The molecule has 2 N–H and O–H groups in total. The second-order valence-corrected chi connectivity index (χ2v) is 6.86. The van der Waals surface area contributed by atoms with Gasteiger partial charge in [-0.2, -0.15) is 0 Å². The highest BCUT2D eigenvalue weighted by Crippen LogP contribution is 2.26. The topological polar surface area (TPSA) is 89.6 Å². The highest BCUT2D eigenvalue weighted by Gasteiger charge is 2.22. The van der Waals surface area contributed by atoms with Crippen molar-refractivity contribution in [2.75, 3.05) is 11.9 Å². The lowest BCUT2D eigenvalue weighted by molar-refractivity contribution is -0.119. The maximum absolute atomic E-state index is 12.2. The number of rotatable bonds is 7. The number of amides is 2. The van der Waals surface area contributed by atoms with E-state index < -0.39 is 0 Å². The molecule has 4 rings (SSSR count). The maximum atomic E-state index is 12.2. The summed E-state index contributed by atoms with van der Waals surface area (Å²) in [6, 6.07) is 19.9. The molecule has 0 bridgehead atoms. The Hall–Kier alpha value is -3.87. The van der Waals surface area contributed by atoms with Crippen LogP contribution in [0, 0.1) is 0 Å². The SMILES string of the molecule is O=C(COc1ccc(Oc2ccccn2)cc1)Nc1cccc(C2CCC(=O)N2)c1. The molecule has 30 heavy (non-hydrogen) atoms. The Morgan fingerprint density at radius 3 is 2.63 bits per heavy atom. The highest BCUT2D eigenvalue weighted by molar-refractivity contribution is 5.92. The van der Waals surface area contributed by atoms with Crippen LogP contribution in [-0.4, -0.2) is 23.4 Å². The van der Waals surface area contributed by atoms with Gasteiger partial charge >= 0.3 is 0 Å². The number of nitrogens with zero attached hydrogens (tertiary/aromatic N) is 1. The molecule has 1 atom stereocenters. The molecule has 1 fully saturated rings. The number of anilines is 1. The van der Waals surface area contributed by atoms with Crippen molar-refractivity contribution in [1.29, 1.82) is 0 Å². The molecule has 1 saturated heterocycles. The fourth-order valence-electron chi connectivity index (χ4n) is 3.18. The molecule has 3 aromatic rings. The van der Waals surface area contributed by atoms with Gasteiger partial charge < -0.3 is 20.1 Å². The lowest BCUT2D eigenvalue weighted by Gasteiger charge is -2.13. The largest absolute Gasteiger partial charge is 0.484 e. The monoisotopic (exact) mass is 403 g/mol. The molecule has 0 spiro atoms. The Morgan fingerprint density at radius 1 is 1.07 bits per heavy atom. The van der Waals surface area contributed by atoms with Crippen LogP contribution in [0.3, 0.4) is 0 Å². The number of nitrogens with one attached hydrogen (secondary N) is 2. The van der Waals surface area contributed by atoms with Crippen molar-refractivity contribution in [3.63, 3.8) is 0 Å². The first-order valence-electron chi connectivity index (χ1n) is 9.67. The van der Waals surface area contributed by atoms with Gasteiger partial charge in [0.1, 0.15) is 11.5 Å². The third kappa shape index (κ3) is 5.14. The van der Waals surface area contributed by atoms with Crippen LogP contribution in [0.25, 0.3) is 0 Å². The summed E-state index contributed by atoms with van der Waals surface area (Å²) in [5.74, 6) is 1.47. The predicted octanol–water partition coefficient (Wildman–Crippen LogP) is 3.84. The van der Waals surface area contributed by atoms with Gasteiger partial charge in [-0.1, -0.05) is 18.2 Å². The van der Waals surface area contributed by atoms with Gasteiger partial charge in [0, 0.05) is 24.4 Å². The summed E-state index contributed by atoms with van der Waals surface area (Å²) in [6.45, 7) is -0.120. The number of hydrogen-bond acceptors (Lipinski definition) is 5. The molecule has 1 unspecified atom stereocenters. The van der Waals surface area contributed by atoms with Crippen LogP contribution in [-0.2, 0) is 9.59 Å². The number of ether oxygens (including phenoxy) is 2. The average molecular weight is 403 g/mol. The smallest absolute Gasteiger partial charge is 0.262 e. The van der Waals surface area contributed by atoms with E-state index in [9.17, 15) is 9.59 Å². The lowest BCUT2D eigenvalue weighted by Crippen LogP contribution is -2.21. The molecule has 2 amide bonds. The van der Waals surface area contributed by atoms with Crippen LogP contribution in [0.5, 0.6) is 17.4 Å². The Morgan fingerprint density at radius 2 is 1.90 bits per heavy atom. The molecule has 0 aliphatic carbocycles. The summed E-state index contributed by atoms with van der Waals surface area (Å²) in [5.41, 5.74) is 1.64. The van der Waals surface area contributed by atoms with Crippen molar-refractivity contribution in [1.82, 2.24) is 10.3 Å².